The average molecular weight is 251 g/mol. The third-order valence-corrected chi connectivity index (χ3v) is 2.86. The number of hydrogen-bond acceptors (Lipinski definition) is 1. The van der Waals surface area contributed by atoms with E-state index in [1.54, 1.807) is 0 Å². The zero-order valence-corrected chi connectivity index (χ0v) is 9.89. The van der Waals surface area contributed by atoms with Gasteiger partial charge in [0.15, 0.2) is 5.96 Å². The van der Waals surface area contributed by atoms with Gasteiger partial charge in [0.1, 0.15) is 0 Å². The quantitative estimate of drug-likeness (QED) is 0.458. The standard InChI is InChI=1S/C11H20F3N3/c12-11(13,14)7-4-8-16-10(15)17-9-5-2-1-3-6-9/h9H,1-8H2,(H3,15,16,17). The van der Waals surface area contributed by atoms with Crippen LogP contribution in [0.3, 0.4) is 0 Å². The van der Waals surface area contributed by atoms with Crippen molar-refractivity contribution in [2.24, 2.45) is 10.7 Å². The zero-order valence-electron chi connectivity index (χ0n) is 9.89. The topological polar surface area (TPSA) is 50.4 Å². The van der Waals surface area contributed by atoms with Crippen molar-refractivity contribution in [3.05, 3.63) is 0 Å². The van der Waals surface area contributed by atoms with Gasteiger partial charge in [-0.2, -0.15) is 13.2 Å². The minimum atomic E-state index is -4.10. The first-order valence-corrected chi connectivity index (χ1v) is 6.10. The van der Waals surface area contributed by atoms with Crippen LogP contribution >= 0.6 is 0 Å². The maximum absolute atomic E-state index is 11.9. The molecule has 0 heterocycles. The molecule has 0 bridgehead atoms. The van der Waals surface area contributed by atoms with Gasteiger partial charge < -0.3 is 11.1 Å². The summed E-state index contributed by atoms with van der Waals surface area (Å²) in [6.45, 7) is 0.130. The summed E-state index contributed by atoms with van der Waals surface area (Å²) in [5.41, 5.74) is 5.61. The van der Waals surface area contributed by atoms with Crippen molar-refractivity contribution < 1.29 is 13.2 Å². The van der Waals surface area contributed by atoms with E-state index in [0.29, 0.717) is 6.04 Å². The summed E-state index contributed by atoms with van der Waals surface area (Å²) in [5.74, 6) is 0.277. The van der Waals surface area contributed by atoms with Crippen LogP contribution in [0.25, 0.3) is 0 Å². The Kier molecular flexibility index (Phi) is 5.58. The Morgan fingerprint density at radius 2 is 1.88 bits per heavy atom. The van der Waals surface area contributed by atoms with Crippen LogP contribution in [0.2, 0.25) is 0 Å². The second-order valence-corrected chi connectivity index (χ2v) is 4.46. The molecule has 3 nitrogen and oxygen atoms in total. The Morgan fingerprint density at radius 1 is 1.24 bits per heavy atom. The molecule has 100 valence electrons. The third kappa shape index (κ3) is 7.07. The number of hydrogen-bond donors (Lipinski definition) is 2. The lowest BCUT2D eigenvalue weighted by atomic mass is 9.96. The van der Waals surface area contributed by atoms with Crippen LogP contribution in [-0.2, 0) is 0 Å². The molecule has 1 saturated carbocycles. The first-order chi connectivity index (χ1) is 7.97. The minimum absolute atomic E-state index is 0.00343. The fraction of sp³-hybridized carbons (Fsp3) is 0.909. The second-order valence-electron chi connectivity index (χ2n) is 4.46. The normalized spacial score (nSPS) is 19.4. The van der Waals surface area contributed by atoms with Crippen LogP contribution in [-0.4, -0.2) is 24.7 Å². The maximum atomic E-state index is 11.9. The molecule has 6 heteroatoms. The highest BCUT2D eigenvalue weighted by Crippen LogP contribution is 2.21. The molecule has 0 unspecified atom stereocenters. The molecular formula is C11H20F3N3. The monoisotopic (exact) mass is 251 g/mol. The summed E-state index contributed by atoms with van der Waals surface area (Å²) >= 11 is 0. The molecule has 0 atom stereocenters. The Balaban J connectivity index is 2.15. The molecule has 0 radical (unpaired) electrons. The number of rotatable bonds is 4. The summed E-state index contributed by atoms with van der Waals surface area (Å²) in [4.78, 5) is 3.90. The van der Waals surface area contributed by atoms with E-state index in [1.165, 1.54) is 19.3 Å². The number of nitrogens with zero attached hydrogens (tertiary/aromatic N) is 1. The Labute approximate surface area is 99.7 Å². The molecule has 0 amide bonds. The minimum Gasteiger partial charge on any atom is -0.370 e. The SMILES string of the molecule is NC(=NCCCC(F)(F)F)NC1CCCCC1. The lowest BCUT2D eigenvalue weighted by molar-refractivity contribution is -0.134. The lowest BCUT2D eigenvalue weighted by Gasteiger charge is -2.23. The van der Waals surface area contributed by atoms with Crippen LogP contribution in [0.1, 0.15) is 44.9 Å². The van der Waals surface area contributed by atoms with Gasteiger partial charge in [0, 0.05) is 19.0 Å². The smallest absolute Gasteiger partial charge is 0.370 e. The lowest BCUT2D eigenvalue weighted by Crippen LogP contribution is -2.41. The van der Waals surface area contributed by atoms with Gasteiger partial charge >= 0.3 is 6.18 Å². The molecule has 1 fully saturated rings. The van der Waals surface area contributed by atoms with E-state index in [0.717, 1.165) is 12.8 Å². The first kappa shape index (κ1) is 14.1. The fourth-order valence-corrected chi connectivity index (χ4v) is 1.98. The van der Waals surface area contributed by atoms with Gasteiger partial charge in [-0.25, -0.2) is 0 Å². The molecule has 0 spiro atoms. The number of alkyl halides is 3. The largest absolute Gasteiger partial charge is 0.389 e. The molecule has 3 N–H and O–H groups in total. The van der Waals surface area contributed by atoms with E-state index in [4.69, 9.17) is 5.73 Å². The molecular weight excluding hydrogens is 231 g/mol. The van der Waals surface area contributed by atoms with Crippen molar-refractivity contribution in [1.29, 1.82) is 0 Å². The Morgan fingerprint density at radius 3 is 2.47 bits per heavy atom. The van der Waals surface area contributed by atoms with Crippen LogP contribution in [0.4, 0.5) is 13.2 Å². The van der Waals surface area contributed by atoms with E-state index in [1.807, 2.05) is 0 Å². The van der Waals surface area contributed by atoms with E-state index >= 15 is 0 Å². The van der Waals surface area contributed by atoms with Crippen molar-refractivity contribution in [2.75, 3.05) is 6.54 Å². The summed E-state index contributed by atoms with van der Waals surface area (Å²) in [6, 6.07) is 0.343. The van der Waals surface area contributed by atoms with Gasteiger partial charge in [-0.15, -0.1) is 0 Å². The number of nitrogens with two attached hydrogens (primary N) is 1. The van der Waals surface area contributed by atoms with Crippen LogP contribution in [0.5, 0.6) is 0 Å². The maximum Gasteiger partial charge on any atom is 0.389 e. The van der Waals surface area contributed by atoms with E-state index in [9.17, 15) is 13.2 Å². The molecule has 0 aromatic carbocycles. The molecule has 0 aromatic rings. The third-order valence-electron chi connectivity index (χ3n) is 2.86. The molecule has 1 rings (SSSR count). The summed E-state index contributed by atoms with van der Waals surface area (Å²) in [7, 11) is 0. The van der Waals surface area contributed by atoms with Crippen molar-refractivity contribution in [3.8, 4) is 0 Å². The highest BCUT2D eigenvalue weighted by atomic mass is 19.4. The Hall–Kier alpha value is -0.940. The van der Waals surface area contributed by atoms with E-state index in [2.05, 4.69) is 10.3 Å². The molecule has 1 aliphatic carbocycles. The zero-order chi connectivity index (χ0) is 12.7. The molecule has 0 aromatic heterocycles. The summed E-state index contributed by atoms with van der Waals surface area (Å²) < 4.78 is 35.6. The van der Waals surface area contributed by atoms with Crippen LogP contribution in [0, 0.1) is 0 Å². The molecule has 17 heavy (non-hydrogen) atoms. The number of guanidine groups is 1. The predicted molar refractivity (Wildman–Crippen MR) is 61.8 cm³/mol. The van der Waals surface area contributed by atoms with Gasteiger partial charge in [-0.3, -0.25) is 4.99 Å². The van der Waals surface area contributed by atoms with Gasteiger partial charge in [0.25, 0.3) is 0 Å². The number of nitrogens with one attached hydrogen (secondary N) is 1. The molecule has 0 aliphatic heterocycles. The van der Waals surface area contributed by atoms with Crippen molar-refractivity contribution in [1.82, 2.24) is 5.32 Å². The van der Waals surface area contributed by atoms with Crippen molar-refractivity contribution >= 4 is 5.96 Å². The molecule has 0 saturated heterocycles. The van der Waals surface area contributed by atoms with Crippen LogP contribution in [0.15, 0.2) is 4.99 Å². The summed E-state index contributed by atoms with van der Waals surface area (Å²) in [6.07, 6.45) is 0.848. The van der Waals surface area contributed by atoms with Gasteiger partial charge in [-0.05, 0) is 19.3 Å². The predicted octanol–water partition coefficient (Wildman–Crippen LogP) is 2.57. The van der Waals surface area contributed by atoms with Crippen LogP contribution < -0.4 is 11.1 Å². The highest BCUT2D eigenvalue weighted by molar-refractivity contribution is 5.78. The van der Waals surface area contributed by atoms with Crippen molar-refractivity contribution in [3.63, 3.8) is 0 Å². The van der Waals surface area contributed by atoms with Gasteiger partial charge in [0.2, 0.25) is 0 Å². The highest BCUT2D eigenvalue weighted by Gasteiger charge is 2.25. The first-order valence-electron chi connectivity index (χ1n) is 6.10. The number of halogens is 3. The molecule has 1 aliphatic rings. The van der Waals surface area contributed by atoms with Gasteiger partial charge in [-0.1, -0.05) is 19.3 Å². The number of aliphatic imine (C=N–C) groups is 1. The van der Waals surface area contributed by atoms with E-state index in [-0.39, 0.29) is 18.9 Å². The van der Waals surface area contributed by atoms with Gasteiger partial charge in [0.05, 0.1) is 0 Å². The van der Waals surface area contributed by atoms with E-state index < -0.39 is 12.6 Å². The average Bonchev–Trinajstić information content (AvgIpc) is 2.25. The van der Waals surface area contributed by atoms with Crippen molar-refractivity contribution in [2.45, 2.75) is 57.2 Å². The fourth-order valence-electron chi connectivity index (χ4n) is 1.98. The summed E-state index contributed by atoms with van der Waals surface area (Å²) in [5, 5.41) is 3.06. The second kappa shape index (κ2) is 6.71. The Bertz CT molecular complexity index is 245.